The number of allylic oxidation sites excluding steroid dienone is 1. The standard InChI is InChI=1S/C36H49ClN2O3S/c1-5-20-41-34-10-6-8-25(2)26(3)43-38-35(40)27-11-15-31(16-12-27)42-24-36(23-39(4)22-29-13-17-32(29)34)19-7-9-28-21-30(37)14-18-33(28)36/h6,10-12,14-16,18,21,25-26,29,32,34H,5,7-9,13,17,19-20,22-24H2,1-4H3,(H,38,40)/b10-6+. The van der Waals surface area contributed by atoms with Crippen molar-refractivity contribution in [3.05, 3.63) is 76.3 Å². The average molecular weight is 625 g/mol. The van der Waals surface area contributed by atoms with Gasteiger partial charge in [-0.05, 0) is 129 Å². The number of hydrogen-bond donors (Lipinski definition) is 1. The van der Waals surface area contributed by atoms with Crippen molar-refractivity contribution >= 4 is 29.5 Å². The first-order valence-electron chi connectivity index (χ1n) is 16.2. The van der Waals surface area contributed by atoms with Crippen LogP contribution in [0.25, 0.3) is 0 Å². The zero-order valence-electron chi connectivity index (χ0n) is 26.3. The van der Waals surface area contributed by atoms with Crippen LogP contribution in [0.15, 0.2) is 54.6 Å². The Balaban J connectivity index is 1.43. The molecule has 6 atom stereocenters. The summed E-state index contributed by atoms with van der Waals surface area (Å²) < 4.78 is 16.1. The average Bonchev–Trinajstić information content (AvgIpc) is 2.99. The van der Waals surface area contributed by atoms with Gasteiger partial charge >= 0.3 is 0 Å². The molecule has 2 aliphatic heterocycles. The topological polar surface area (TPSA) is 50.8 Å². The van der Waals surface area contributed by atoms with Crippen LogP contribution in [0.5, 0.6) is 5.75 Å². The second-order valence-corrected chi connectivity index (χ2v) is 14.8. The predicted octanol–water partition coefficient (Wildman–Crippen LogP) is 8.11. The maximum atomic E-state index is 12.9. The van der Waals surface area contributed by atoms with Crippen LogP contribution in [0.4, 0.5) is 0 Å². The molecule has 0 radical (unpaired) electrons. The molecule has 6 unspecified atom stereocenters. The van der Waals surface area contributed by atoms with E-state index in [1.807, 2.05) is 30.3 Å². The first-order valence-corrected chi connectivity index (χ1v) is 17.5. The Hall–Kier alpha value is -1.99. The smallest absolute Gasteiger partial charge is 0.261 e. The summed E-state index contributed by atoms with van der Waals surface area (Å²) in [4.78, 5) is 15.5. The summed E-state index contributed by atoms with van der Waals surface area (Å²) in [5.74, 6) is 2.31. The number of aryl methyl sites for hydroxylation is 1. The van der Waals surface area contributed by atoms with Crippen molar-refractivity contribution in [3.8, 4) is 5.75 Å². The minimum absolute atomic E-state index is 0.0720. The number of rotatable bonds is 3. The first-order chi connectivity index (χ1) is 20.8. The van der Waals surface area contributed by atoms with E-state index in [0.29, 0.717) is 29.9 Å². The summed E-state index contributed by atoms with van der Waals surface area (Å²) in [7, 11) is 2.28. The number of amides is 1. The molecule has 0 saturated heterocycles. The quantitative estimate of drug-likeness (QED) is 0.276. The Bertz CT molecular complexity index is 1250. The van der Waals surface area contributed by atoms with Crippen LogP contribution in [-0.2, 0) is 16.6 Å². The summed E-state index contributed by atoms with van der Waals surface area (Å²) in [6, 6.07) is 14.0. The van der Waals surface area contributed by atoms with E-state index in [-0.39, 0.29) is 22.7 Å². The van der Waals surface area contributed by atoms with E-state index in [0.717, 1.165) is 62.6 Å². The summed E-state index contributed by atoms with van der Waals surface area (Å²) in [5, 5.41) is 1.09. The Labute approximate surface area is 268 Å². The summed E-state index contributed by atoms with van der Waals surface area (Å²) >= 11 is 7.96. The van der Waals surface area contributed by atoms with Gasteiger partial charge in [0.15, 0.2) is 0 Å². The molecule has 1 spiro atoms. The van der Waals surface area contributed by atoms with Crippen LogP contribution in [-0.4, -0.2) is 55.5 Å². The molecule has 1 N–H and O–H groups in total. The SMILES string of the molecule is CCCOC1/C=C/CC(C)C(C)SNC(=O)c2ccc(cc2)OCC2(CCCc3cc(Cl)ccc32)CN(C)CC2CCC21. The minimum atomic E-state index is -0.137. The van der Waals surface area contributed by atoms with Gasteiger partial charge in [-0.2, -0.15) is 0 Å². The van der Waals surface area contributed by atoms with Gasteiger partial charge in [0.2, 0.25) is 0 Å². The fraction of sp³-hybridized carbons (Fsp3) is 0.583. The highest BCUT2D eigenvalue weighted by Gasteiger charge is 2.41. The maximum Gasteiger partial charge on any atom is 0.261 e. The molecule has 43 heavy (non-hydrogen) atoms. The number of fused-ring (bicyclic) bond motifs is 13. The lowest BCUT2D eigenvalue weighted by molar-refractivity contribution is -0.0263. The van der Waals surface area contributed by atoms with Crippen LogP contribution in [0, 0.1) is 17.8 Å². The lowest BCUT2D eigenvalue weighted by Gasteiger charge is -2.46. The molecule has 4 aliphatic rings. The van der Waals surface area contributed by atoms with Crippen LogP contribution in [0.1, 0.15) is 80.8 Å². The molecule has 6 rings (SSSR count). The van der Waals surface area contributed by atoms with E-state index in [4.69, 9.17) is 21.1 Å². The Morgan fingerprint density at radius 3 is 2.72 bits per heavy atom. The molecule has 2 heterocycles. The third-order valence-electron chi connectivity index (χ3n) is 9.88. The van der Waals surface area contributed by atoms with Crippen molar-refractivity contribution in [1.29, 1.82) is 0 Å². The second-order valence-electron chi connectivity index (χ2n) is 13.2. The molecular formula is C36H49ClN2O3S. The normalized spacial score (nSPS) is 31.6. The number of nitrogens with zero attached hydrogens (tertiary/aromatic N) is 1. The second kappa shape index (κ2) is 14.9. The lowest BCUT2D eigenvalue weighted by atomic mass is 9.68. The summed E-state index contributed by atoms with van der Waals surface area (Å²) in [5.41, 5.74) is 3.21. The number of benzene rings is 2. The highest BCUT2D eigenvalue weighted by molar-refractivity contribution is 7.98. The molecule has 234 valence electrons. The number of ether oxygens (including phenoxy) is 2. The maximum absolute atomic E-state index is 12.9. The van der Waals surface area contributed by atoms with Crippen molar-refractivity contribution in [2.75, 3.05) is 33.4 Å². The van der Waals surface area contributed by atoms with Gasteiger partial charge in [-0.1, -0.05) is 50.6 Å². The molecule has 1 amide bonds. The fourth-order valence-electron chi connectivity index (χ4n) is 7.07. The van der Waals surface area contributed by atoms with Crippen molar-refractivity contribution in [2.24, 2.45) is 17.8 Å². The third-order valence-corrected chi connectivity index (χ3v) is 11.3. The number of likely N-dealkylation sites (N-methyl/N-ethyl adjacent to an activating group) is 1. The van der Waals surface area contributed by atoms with E-state index in [9.17, 15) is 4.79 Å². The van der Waals surface area contributed by atoms with E-state index < -0.39 is 0 Å². The van der Waals surface area contributed by atoms with Crippen molar-refractivity contribution in [3.63, 3.8) is 0 Å². The molecule has 2 aliphatic carbocycles. The monoisotopic (exact) mass is 624 g/mol. The van der Waals surface area contributed by atoms with Gasteiger partial charge in [-0.3, -0.25) is 9.52 Å². The number of halogens is 1. The highest BCUT2D eigenvalue weighted by Crippen LogP contribution is 2.42. The molecule has 1 saturated carbocycles. The molecule has 1 fully saturated rings. The lowest BCUT2D eigenvalue weighted by Crippen LogP contribution is -2.49. The highest BCUT2D eigenvalue weighted by atomic mass is 35.5. The largest absolute Gasteiger partial charge is 0.493 e. The fourth-order valence-corrected chi connectivity index (χ4v) is 8.02. The molecular weight excluding hydrogens is 576 g/mol. The predicted molar refractivity (Wildman–Crippen MR) is 179 cm³/mol. The first kappa shape index (κ1) is 32.4. The van der Waals surface area contributed by atoms with Crippen molar-refractivity contribution in [2.45, 2.75) is 82.5 Å². The van der Waals surface area contributed by atoms with E-state index in [2.05, 4.69) is 61.7 Å². The van der Waals surface area contributed by atoms with E-state index >= 15 is 0 Å². The van der Waals surface area contributed by atoms with Crippen molar-refractivity contribution in [1.82, 2.24) is 9.62 Å². The molecule has 2 aromatic rings. The van der Waals surface area contributed by atoms with Crippen LogP contribution in [0.2, 0.25) is 5.02 Å². The number of hydrogen-bond acceptors (Lipinski definition) is 5. The zero-order chi connectivity index (χ0) is 30.4. The molecule has 2 aromatic carbocycles. The number of carbonyl (C=O) groups excluding carboxylic acids is 1. The summed E-state index contributed by atoms with van der Waals surface area (Å²) in [6.45, 7) is 9.99. The summed E-state index contributed by atoms with van der Waals surface area (Å²) in [6.07, 6.45) is 12.5. The van der Waals surface area contributed by atoms with E-state index in [1.165, 1.54) is 35.9 Å². The zero-order valence-corrected chi connectivity index (χ0v) is 27.9. The Kier molecular flexibility index (Phi) is 11.2. The van der Waals surface area contributed by atoms with Crippen molar-refractivity contribution < 1.29 is 14.3 Å². The van der Waals surface area contributed by atoms with Gasteiger partial charge in [0.25, 0.3) is 5.91 Å². The molecule has 7 heteroatoms. The molecule has 0 aromatic heterocycles. The molecule has 2 bridgehead atoms. The minimum Gasteiger partial charge on any atom is -0.493 e. The van der Waals surface area contributed by atoms with Gasteiger partial charge in [-0.15, -0.1) is 0 Å². The Morgan fingerprint density at radius 2 is 1.98 bits per heavy atom. The van der Waals surface area contributed by atoms with Gasteiger partial charge in [0, 0.05) is 40.9 Å². The van der Waals surface area contributed by atoms with Gasteiger partial charge < -0.3 is 14.4 Å². The van der Waals surface area contributed by atoms with Gasteiger partial charge in [0.1, 0.15) is 5.75 Å². The number of nitrogens with one attached hydrogen (secondary N) is 1. The van der Waals surface area contributed by atoms with Crippen LogP contribution < -0.4 is 9.46 Å². The van der Waals surface area contributed by atoms with Gasteiger partial charge in [-0.25, -0.2) is 0 Å². The number of carbonyl (C=O) groups is 1. The van der Waals surface area contributed by atoms with E-state index in [1.54, 1.807) is 0 Å². The molecule has 5 nitrogen and oxygen atoms in total. The van der Waals surface area contributed by atoms with Gasteiger partial charge in [0.05, 0.1) is 12.7 Å². The van der Waals surface area contributed by atoms with Crippen LogP contribution >= 0.6 is 23.5 Å². The third kappa shape index (κ3) is 8.00. The Morgan fingerprint density at radius 1 is 1.16 bits per heavy atom. The van der Waals surface area contributed by atoms with Crippen LogP contribution in [0.3, 0.4) is 0 Å².